The number of thiazole rings is 1. The Labute approximate surface area is 198 Å². The Morgan fingerprint density at radius 1 is 1.03 bits per heavy atom. The molecule has 1 atom stereocenters. The zero-order chi connectivity index (χ0) is 22.6. The summed E-state index contributed by atoms with van der Waals surface area (Å²) in [6.07, 6.45) is 0. The van der Waals surface area contributed by atoms with Gasteiger partial charge in [-0.3, -0.25) is 14.6 Å². The minimum Gasteiger partial charge on any atom is -0.454 e. The van der Waals surface area contributed by atoms with Crippen LogP contribution in [0.15, 0.2) is 53.9 Å². The smallest absolute Gasteiger partial charge is 0.271 e. The zero-order valence-corrected chi connectivity index (χ0v) is 19.5. The lowest BCUT2D eigenvalue weighted by Crippen LogP contribution is -2.45. The number of nitrogens with one attached hydrogen (secondary N) is 1. The number of amides is 1. The quantitative estimate of drug-likeness (QED) is 0.575. The van der Waals surface area contributed by atoms with E-state index in [0.29, 0.717) is 12.5 Å². The van der Waals surface area contributed by atoms with Crippen LogP contribution in [0.1, 0.15) is 39.6 Å². The number of carbonyl (C=O) groups excluding carboxylic acids is 1. The van der Waals surface area contributed by atoms with E-state index in [1.54, 1.807) is 11.3 Å². The highest BCUT2D eigenvalue weighted by atomic mass is 32.1. The molecule has 8 heteroatoms. The average molecular weight is 465 g/mol. The van der Waals surface area contributed by atoms with Crippen molar-refractivity contribution in [2.75, 3.05) is 33.0 Å². The van der Waals surface area contributed by atoms with E-state index in [1.165, 1.54) is 5.56 Å². The zero-order valence-electron chi connectivity index (χ0n) is 18.7. The predicted octanol–water partition coefficient (Wildman–Crippen LogP) is 3.68. The number of hydrogen-bond acceptors (Lipinski definition) is 7. The third-order valence-electron chi connectivity index (χ3n) is 6.10. The molecule has 1 amide bonds. The van der Waals surface area contributed by atoms with Gasteiger partial charge in [0.1, 0.15) is 10.7 Å². The van der Waals surface area contributed by atoms with E-state index in [4.69, 9.17) is 9.47 Å². The van der Waals surface area contributed by atoms with E-state index in [-0.39, 0.29) is 11.9 Å². The molecule has 7 nitrogen and oxygen atoms in total. The van der Waals surface area contributed by atoms with Gasteiger partial charge in [-0.2, -0.15) is 0 Å². The number of fused-ring (bicyclic) bond motifs is 1. The Morgan fingerprint density at radius 3 is 2.55 bits per heavy atom. The summed E-state index contributed by atoms with van der Waals surface area (Å²) in [6.45, 7) is 7.96. The van der Waals surface area contributed by atoms with Gasteiger partial charge in [0.05, 0.1) is 12.6 Å². The number of benzene rings is 2. The van der Waals surface area contributed by atoms with Crippen LogP contribution in [0.3, 0.4) is 0 Å². The van der Waals surface area contributed by atoms with Crippen LogP contribution in [0, 0.1) is 0 Å². The first-order chi connectivity index (χ1) is 16.1. The summed E-state index contributed by atoms with van der Waals surface area (Å²) in [5.41, 5.74) is 2.83. The lowest BCUT2D eigenvalue weighted by molar-refractivity contribution is 0.0934. The SMILES string of the molecule is CC(NC(=O)c1csc(CN2CCN(Cc3ccc4c(c3)OCO4)CC2)n1)c1ccccc1. The van der Waals surface area contributed by atoms with Gasteiger partial charge in [0.25, 0.3) is 5.91 Å². The molecule has 3 heterocycles. The molecule has 2 aromatic carbocycles. The van der Waals surface area contributed by atoms with Crippen molar-refractivity contribution >= 4 is 17.2 Å². The molecule has 1 fully saturated rings. The molecular weight excluding hydrogens is 436 g/mol. The largest absolute Gasteiger partial charge is 0.454 e. The van der Waals surface area contributed by atoms with Gasteiger partial charge in [-0.1, -0.05) is 36.4 Å². The molecular formula is C25H28N4O3S. The van der Waals surface area contributed by atoms with Crippen LogP contribution < -0.4 is 14.8 Å². The average Bonchev–Trinajstić information content (AvgIpc) is 3.50. The molecule has 0 bridgehead atoms. The van der Waals surface area contributed by atoms with Crippen molar-refractivity contribution in [1.29, 1.82) is 0 Å². The summed E-state index contributed by atoms with van der Waals surface area (Å²) in [5.74, 6) is 1.55. The van der Waals surface area contributed by atoms with Crippen molar-refractivity contribution in [2.45, 2.75) is 26.1 Å². The second kappa shape index (κ2) is 9.91. The minimum atomic E-state index is -0.123. The lowest BCUT2D eigenvalue weighted by atomic mass is 10.1. The molecule has 0 spiro atoms. The Morgan fingerprint density at radius 2 is 1.76 bits per heavy atom. The highest BCUT2D eigenvalue weighted by molar-refractivity contribution is 7.09. The van der Waals surface area contributed by atoms with Crippen LogP contribution in [-0.4, -0.2) is 53.7 Å². The summed E-state index contributed by atoms with van der Waals surface area (Å²) in [7, 11) is 0. The molecule has 0 aliphatic carbocycles. The number of aromatic nitrogens is 1. The van der Waals surface area contributed by atoms with E-state index in [0.717, 1.165) is 61.3 Å². The van der Waals surface area contributed by atoms with Crippen molar-refractivity contribution < 1.29 is 14.3 Å². The highest BCUT2D eigenvalue weighted by Crippen LogP contribution is 2.32. The highest BCUT2D eigenvalue weighted by Gasteiger charge is 2.21. The number of piperazine rings is 1. The Kier molecular flexibility index (Phi) is 6.57. The molecule has 1 saturated heterocycles. The van der Waals surface area contributed by atoms with Gasteiger partial charge >= 0.3 is 0 Å². The molecule has 33 heavy (non-hydrogen) atoms. The van der Waals surface area contributed by atoms with Crippen molar-refractivity contribution in [2.24, 2.45) is 0 Å². The van der Waals surface area contributed by atoms with Gasteiger partial charge in [-0.15, -0.1) is 11.3 Å². The molecule has 1 N–H and O–H groups in total. The Hall–Kier alpha value is -2.94. The monoisotopic (exact) mass is 464 g/mol. The molecule has 0 saturated carbocycles. The first-order valence-corrected chi connectivity index (χ1v) is 12.2. The third-order valence-corrected chi connectivity index (χ3v) is 6.93. The topological polar surface area (TPSA) is 66.9 Å². The van der Waals surface area contributed by atoms with Crippen LogP contribution in [0.4, 0.5) is 0 Å². The van der Waals surface area contributed by atoms with Gasteiger partial charge in [-0.25, -0.2) is 4.98 Å². The molecule has 3 aromatic rings. The van der Waals surface area contributed by atoms with Crippen molar-refractivity contribution in [3.05, 3.63) is 75.7 Å². The first kappa shape index (κ1) is 21.9. The van der Waals surface area contributed by atoms with E-state index in [2.05, 4.69) is 32.2 Å². The summed E-state index contributed by atoms with van der Waals surface area (Å²) in [5, 5.41) is 5.88. The van der Waals surface area contributed by atoms with Crippen LogP contribution in [0.5, 0.6) is 11.5 Å². The summed E-state index contributed by atoms with van der Waals surface area (Å²) >= 11 is 1.56. The summed E-state index contributed by atoms with van der Waals surface area (Å²) in [4.78, 5) is 22.1. The number of hydrogen-bond donors (Lipinski definition) is 1. The van der Waals surface area contributed by atoms with Crippen LogP contribution in [0.2, 0.25) is 0 Å². The van der Waals surface area contributed by atoms with Gasteiger partial charge in [-0.05, 0) is 30.2 Å². The van der Waals surface area contributed by atoms with Gasteiger partial charge in [0.15, 0.2) is 11.5 Å². The van der Waals surface area contributed by atoms with E-state index < -0.39 is 0 Å². The molecule has 1 aromatic heterocycles. The van der Waals surface area contributed by atoms with Crippen molar-refractivity contribution in [3.8, 4) is 11.5 Å². The van der Waals surface area contributed by atoms with E-state index in [1.807, 2.05) is 48.7 Å². The van der Waals surface area contributed by atoms with Crippen LogP contribution in [0.25, 0.3) is 0 Å². The van der Waals surface area contributed by atoms with Crippen molar-refractivity contribution in [3.63, 3.8) is 0 Å². The number of carbonyl (C=O) groups is 1. The van der Waals surface area contributed by atoms with Gasteiger partial charge in [0, 0.05) is 38.1 Å². The maximum Gasteiger partial charge on any atom is 0.271 e. The number of rotatable bonds is 7. The fourth-order valence-corrected chi connectivity index (χ4v) is 4.99. The molecule has 2 aliphatic heterocycles. The van der Waals surface area contributed by atoms with E-state index in [9.17, 15) is 4.79 Å². The first-order valence-electron chi connectivity index (χ1n) is 11.3. The maximum atomic E-state index is 12.6. The summed E-state index contributed by atoms with van der Waals surface area (Å²) in [6, 6.07) is 16.1. The second-order valence-corrected chi connectivity index (χ2v) is 9.41. The van der Waals surface area contributed by atoms with Crippen LogP contribution >= 0.6 is 11.3 Å². The number of nitrogens with zero attached hydrogens (tertiary/aromatic N) is 3. The number of ether oxygens (including phenoxy) is 2. The van der Waals surface area contributed by atoms with Crippen LogP contribution in [-0.2, 0) is 13.1 Å². The summed E-state index contributed by atoms with van der Waals surface area (Å²) < 4.78 is 10.9. The lowest BCUT2D eigenvalue weighted by Gasteiger charge is -2.34. The van der Waals surface area contributed by atoms with Crippen molar-refractivity contribution in [1.82, 2.24) is 20.1 Å². The Balaban J connectivity index is 1.09. The fraction of sp³-hybridized carbons (Fsp3) is 0.360. The fourth-order valence-electron chi connectivity index (χ4n) is 4.18. The standard InChI is InChI=1S/C25H28N4O3S/c1-18(20-5-3-2-4-6-20)26-25(30)21-16-33-24(27-21)15-29-11-9-28(10-12-29)14-19-7-8-22-23(13-19)32-17-31-22/h2-8,13,16,18H,9-12,14-15,17H2,1H3,(H,26,30). The Bertz CT molecular complexity index is 1100. The molecule has 5 rings (SSSR count). The molecule has 172 valence electrons. The molecule has 2 aliphatic rings. The molecule has 1 unspecified atom stereocenters. The molecule has 0 radical (unpaired) electrons. The predicted molar refractivity (Wildman–Crippen MR) is 128 cm³/mol. The maximum absolute atomic E-state index is 12.6. The normalized spacial score (nSPS) is 17.1. The second-order valence-electron chi connectivity index (χ2n) is 8.47. The minimum absolute atomic E-state index is 0.0540. The third kappa shape index (κ3) is 5.35. The van der Waals surface area contributed by atoms with Gasteiger partial charge < -0.3 is 14.8 Å². The van der Waals surface area contributed by atoms with E-state index >= 15 is 0 Å². The van der Waals surface area contributed by atoms with Gasteiger partial charge in [0.2, 0.25) is 6.79 Å².